The molecule has 1 rings (SSSR count). The highest BCUT2D eigenvalue weighted by molar-refractivity contribution is 7.98. The molecule has 4 nitrogen and oxygen atoms in total. The van der Waals surface area contributed by atoms with Crippen molar-refractivity contribution in [1.82, 2.24) is 0 Å². The summed E-state index contributed by atoms with van der Waals surface area (Å²) in [7, 11) is 0. The van der Waals surface area contributed by atoms with Crippen LogP contribution in [0.2, 0.25) is 0 Å². The number of carbonyl (C=O) groups excluding carboxylic acids is 1. The quantitative estimate of drug-likeness (QED) is 0.632. The summed E-state index contributed by atoms with van der Waals surface area (Å²) in [6.07, 6.45) is 1.96. The van der Waals surface area contributed by atoms with Gasteiger partial charge >= 0.3 is 11.9 Å². The van der Waals surface area contributed by atoms with E-state index in [4.69, 9.17) is 9.84 Å². The second-order valence-electron chi connectivity index (χ2n) is 3.69. The van der Waals surface area contributed by atoms with Crippen molar-refractivity contribution in [2.24, 2.45) is 0 Å². The summed E-state index contributed by atoms with van der Waals surface area (Å²) in [5.41, 5.74) is 1.39. The van der Waals surface area contributed by atoms with Gasteiger partial charge in [-0.3, -0.25) is 9.59 Å². The molecule has 0 amide bonds. The molecule has 0 saturated heterocycles. The van der Waals surface area contributed by atoms with Crippen LogP contribution >= 0.6 is 11.8 Å². The van der Waals surface area contributed by atoms with Gasteiger partial charge in [0.1, 0.15) is 0 Å². The van der Waals surface area contributed by atoms with Gasteiger partial charge in [0, 0.05) is 4.90 Å². The van der Waals surface area contributed by atoms with E-state index in [9.17, 15) is 9.59 Å². The van der Waals surface area contributed by atoms with Crippen LogP contribution in [0.1, 0.15) is 18.1 Å². The summed E-state index contributed by atoms with van der Waals surface area (Å²) in [5.74, 6) is -1.24. The number of ether oxygens (including phenoxy) is 1. The predicted octanol–water partition coefficient (Wildman–Crippen LogP) is 2.14. The first kappa shape index (κ1) is 14.6. The summed E-state index contributed by atoms with van der Waals surface area (Å²) >= 11 is 1.54. The van der Waals surface area contributed by atoms with Crippen LogP contribution in [-0.2, 0) is 27.2 Å². The molecule has 0 spiro atoms. The fourth-order valence-electron chi connectivity index (χ4n) is 1.60. The molecule has 98 valence electrons. The monoisotopic (exact) mass is 268 g/mol. The standard InChI is InChI=1S/C13H16O4S/c1-3-17-13(16)8-9-4-5-11(18-2)6-10(9)7-12(14)15/h4-6H,3,7-8H2,1-2H3,(H,14,15). The van der Waals surface area contributed by atoms with Crippen molar-refractivity contribution in [3.8, 4) is 0 Å². The fraction of sp³-hybridized carbons (Fsp3) is 0.385. The van der Waals surface area contributed by atoms with Crippen LogP contribution in [0.25, 0.3) is 0 Å². The van der Waals surface area contributed by atoms with Crippen LogP contribution in [0.15, 0.2) is 23.1 Å². The van der Waals surface area contributed by atoms with Gasteiger partial charge in [0.15, 0.2) is 0 Å². The van der Waals surface area contributed by atoms with Gasteiger partial charge < -0.3 is 9.84 Å². The Morgan fingerprint density at radius 1 is 1.28 bits per heavy atom. The molecule has 1 N–H and O–H groups in total. The van der Waals surface area contributed by atoms with Gasteiger partial charge in [0.25, 0.3) is 0 Å². The maximum absolute atomic E-state index is 11.4. The lowest BCUT2D eigenvalue weighted by molar-refractivity contribution is -0.142. The molecule has 0 aromatic heterocycles. The van der Waals surface area contributed by atoms with Gasteiger partial charge in [0.05, 0.1) is 19.4 Å². The largest absolute Gasteiger partial charge is 0.481 e. The van der Waals surface area contributed by atoms with E-state index >= 15 is 0 Å². The zero-order valence-electron chi connectivity index (χ0n) is 10.4. The van der Waals surface area contributed by atoms with Crippen LogP contribution in [0, 0.1) is 0 Å². The van der Waals surface area contributed by atoms with Crippen molar-refractivity contribution in [1.29, 1.82) is 0 Å². The predicted molar refractivity (Wildman–Crippen MR) is 69.9 cm³/mol. The smallest absolute Gasteiger partial charge is 0.310 e. The van der Waals surface area contributed by atoms with Crippen LogP contribution in [0.5, 0.6) is 0 Å². The molecule has 1 aromatic rings. The van der Waals surface area contributed by atoms with Gasteiger partial charge in [-0.15, -0.1) is 11.8 Å². The van der Waals surface area contributed by atoms with E-state index in [1.165, 1.54) is 11.8 Å². The average molecular weight is 268 g/mol. The Balaban J connectivity index is 2.94. The summed E-state index contributed by atoms with van der Waals surface area (Å²) < 4.78 is 4.87. The molecule has 0 aliphatic rings. The Hall–Kier alpha value is -1.49. The van der Waals surface area contributed by atoms with E-state index in [0.29, 0.717) is 17.7 Å². The molecule has 18 heavy (non-hydrogen) atoms. The Morgan fingerprint density at radius 3 is 2.56 bits per heavy atom. The topological polar surface area (TPSA) is 63.6 Å². The van der Waals surface area contributed by atoms with Gasteiger partial charge in [-0.05, 0) is 36.4 Å². The molecule has 0 aliphatic carbocycles. The molecule has 0 unspecified atom stereocenters. The molecular weight excluding hydrogens is 252 g/mol. The molecule has 1 aromatic carbocycles. The van der Waals surface area contributed by atoms with Crippen LogP contribution in [0.4, 0.5) is 0 Å². The minimum Gasteiger partial charge on any atom is -0.481 e. The normalized spacial score (nSPS) is 10.1. The zero-order chi connectivity index (χ0) is 13.5. The third-order valence-corrected chi connectivity index (χ3v) is 3.12. The van der Waals surface area contributed by atoms with E-state index in [0.717, 1.165) is 4.90 Å². The molecule has 0 bridgehead atoms. The summed E-state index contributed by atoms with van der Waals surface area (Å²) in [4.78, 5) is 23.2. The third-order valence-electron chi connectivity index (χ3n) is 2.40. The van der Waals surface area contributed by atoms with Crippen LogP contribution in [0.3, 0.4) is 0 Å². The first-order valence-electron chi connectivity index (χ1n) is 5.60. The van der Waals surface area contributed by atoms with Crippen molar-refractivity contribution >= 4 is 23.7 Å². The Kier molecular flexibility index (Phi) is 5.71. The number of carbonyl (C=O) groups is 2. The van der Waals surface area contributed by atoms with E-state index in [1.54, 1.807) is 13.0 Å². The minimum atomic E-state index is -0.904. The lowest BCUT2D eigenvalue weighted by Gasteiger charge is -2.09. The number of aliphatic carboxylic acids is 1. The SMILES string of the molecule is CCOC(=O)Cc1ccc(SC)cc1CC(=O)O. The van der Waals surface area contributed by atoms with Gasteiger partial charge in [-0.1, -0.05) is 6.07 Å². The molecular formula is C13H16O4S. The number of carboxylic acids is 1. The Labute approximate surface area is 110 Å². The first-order valence-corrected chi connectivity index (χ1v) is 6.82. The van der Waals surface area contributed by atoms with Crippen molar-refractivity contribution in [2.45, 2.75) is 24.7 Å². The number of rotatable bonds is 6. The number of benzene rings is 1. The third kappa shape index (κ3) is 4.41. The second-order valence-corrected chi connectivity index (χ2v) is 4.57. The highest BCUT2D eigenvalue weighted by Crippen LogP contribution is 2.20. The van der Waals surface area contributed by atoms with Crippen LogP contribution in [-0.4, -0.2) is 29.9 Å². The highest BCUT2D eigenvalue weighted by Gasteiger charge is 2.12. The van der Waals surface area contributed by atoms with E-state index in [2.05, 4.69) is 0 Å². The maximum atomic E-state index is 11.4. The number of hydrogen-bond donors (Lipinski definition) is 1. The summed E-state index contributed by atoms with van der Waals surface area (Å²) in [5, 5.41) is 8.87. The van der Waals surface area contributed by atoms with Crippen molar-refractivity contribution in [3.63, 3.8) is 0 Å². The highest BCUT2D eigenvalue weighted by atomic mass is 32.2. The molecule has 0 saturated carbocycles. The molecule has 0 radical (unpaired) electrons. The van der Waals surface area contributed by atoms with E-state index in [-0.39, 0.29) is 18.8 Å². The summed E-state index contributed by atoms with van der Waals surface area (Å²) in [6.45, 7) is 2.07. The van der Waals surface area contributed by atoms with Gasteiger partial charge in [-0.25, -0.2) is 0 Å². The van der Waals surface area contributed by atoms with Crippen molar-refractivity contribution in [2.75, 3.05) is 12.9 Å². The molecule has 0 atom stereocenters. The number of esters is 1. The molecule has 0 heterocycles. The van der Waals surface area contributed by atoms with Crippen molar-refractivity contribution < 1.29 is 19.4 Å². The fourth-order valence-corrected chi connectivity index (χ4v) is 2.06. The number of hydrogen-bond acceptors (Lipinski definition) is 4. The maximum Gasteiger partial charge on any atom is 0.310 e. The van der Waals surface area contributed by atoms with Crippen molar-refractivity contribution in [3.05, 3.63) is 29.3 Å². The average Bonchev–Trinajstić information content (AvgIpc) is 2.31. The molecule has 5 heteroatoms. The minimum absolute atomic E-state index is 0.0802. The number of carboxylic acid groups (broad SMARTS) is 1. The van der Waals surface area contributed by atoms with E-state index in [1.807, 2.05) is 18.4 Å². The Bertz CT molecular complexity index is 443. The van der Waals surface area contributed by atoms with Gasteiger partial charge in [-0.2, -0.15) is 0 Å². The molecule has 0 aliphatic heterocycles. The lowest BCUT2D eigenvalue weighted by atomic mass is 10.0. The summed E-state index contributed by atoms with van der Waals surface area (Å²) in [6, 6.07) is 5.49. The van der Waals surface area contributed by atoms with E-state index < -0.39 is 5.97 Å². The number of thioether (sulfide) groups is 1. The Morgan fingerprint density at radius 2 is 2.00 bits per heavy atom. The zero-order valence-corrected chi connectivity index (χ0v) is 11.3. The molecule has 0 fully saturated rings. The first-order chi connectivity index (χ1) is 8.56. The van der Waals surface area contributed by atoms with Gasteiger partial charge in [0.2, 0.25) is 0 Å². The van der Waals surface area contributed by atoms with Crippen LogP contribution < -0.4 is 0 Å². The lowest BCUT2D eigenvalue weighted by Crippen LogP contribution is -2.11. The second kappa shape index (κ2) is 7.06.